The number of aliphatic hydroxyl groups is 1. The van der Waals surface area contributed by atoms with Crippen LogP contribution in [-0.2, 0) is 4.79 Å². The molecule has 0 spiro atoms. The quantitative estimate of drug-likeness (QED) is 0.567. The molecule has 164 valence electrons. The molecule has 2 nitrogen and oxygen atoms in total. The van der Waals surface area contributed by atoms with Gasteiger partial charge in [0.25, 0.3) is 0 Å². The SMILES string of the molecule is CC(C)CCCC(C)C1CCC2C3C(=O)C=C4C[C@@H](O)CC[C@]4(C)C3CC[C@]12C. The highest BCUT2D eigenvalue weighted by Gasteiger charge is 2.61. The van der Waals surface area contributed by atoms with Crippen LogP contribution in [0.4, 0.5) is 0 Å². The van der Waals surface area contributed by atoms with E-state index < -0.39 is 0 Å². The third-order valence-corrected chi connectivity index (χ3v) is 10.1. The van der Waals surface area contributed by atoms with E-state index in [1.807, 2.05) is 6.08 Å². The molecular weight excluding hydrogens is 356 g/mol. The van der Waals surface area contributed by atoms with Crippen molar-refractivity contribution in [3.63, 3.8) is 0 Å². The average molecular weight is 401 g/mol. The molecule has 0 aromatic rings. The molecule has 29 heavy (non-hydrogen) atoms. The Morgan fingerprint density at radius 3 is 2.52 bits per heavy atom. The molecule has 0 saturated heterocycles. The Labute approximate surface area is 178 Å². The molecule has 0 aromatic carbocycles. The normalized spacial score (nSPS) is 45.4. The smallest absolute Gasteiger partial charge is 0.159 e. The van der Waals surface area contributed by atoms with Crippen LogP contribution in [0.3, 0.4) is 0 Å². The molecule has 1 N–H and O–H groups in total. The molecule has 0 aromatic heterocycles. The number of ketones is 1. The second kappa shape index (κ2) is 7.81. The lowest BCUT2D eigenvalue weighted by Crippen LogP contribution is -2.53. The van der Waals surface area contributed by atoms with E-state index in [4.69, 9.17) is 0 Å². The summed E-state index contributed by atoms with van der Waals surface area (Å²) < 4.78 is 0. The van der Waals surface area contributed by atoms with Crippen molar-refractivity contribution in [3.05, 3.63) is 11.6 Å². The minimum absolute atomic E-state index is 0.153. The summed E-state index contributed by atoms with van der Waals surface area (Å²) in [4.78, 5) is 13.4. The number of fused-ring (bicyclic) bond motifs is 5. The molecule has 0 amide bonds. The second-order valence-electron chi connectivity index (χ2n) is 12.2. The summed E-state index contributed by atoms with van der Waals surface area (Å²) in [6.07, 6.45) is 13.6. The Balaban J connectivity index is 1.54. The van der Waals surface area contributed by atoms with Crippen LogP contribution in [0.2, 0.25) is 0 Å². The van der Waals surface area contributed by atoms with E-state index in [1.165, 1.54) is 50.5 Å². The summed E-state index contributed by atoms with van der Waals surface area (Å²) in [5, 5.41) is 10.2. The average Bonchev–Trinajstić information content (AvgIpc) is 3.00. The Bertz CT molecular complexity index is 663. The summed E-state index contributed by atoms with van der Waals surface area (Å²) in [6.45, 7) is 12.1. The van der Waals surface area contributed by atoms with Crippen LogP contribution in [0.25, 0.3) is 0 Å². The van der Waals surface area contributed by atoms with Gasteiger partial charge in [-0.3, -0.25) is 4.79 Å². The first-order valence-electron chi connectivity index (χ1n) is 12.6. The van der Waals surface area contributed by atoms with Gasteiger partial charge >= 0.3 is 0 Å². The second-order valence-corrected chi connectivity index (χ2v) is 12.2. The summed E-state index contributed by atoms with van der Waals surface area (Å²) >= 11 is 0. The molecule has 0 radical (unpaired) electrons. The van der Waals surface area contributed by atoms with Crippen LogP contribution in [0.1, 0.15) is 98.8 Å². The number of carbonyl (C=O) groups excluding carboxylic acids is 1. The molecule has 4 aliphatic carbocycles. The highest BCUT2D eigenvalue weighted by Crippen LogP contribution is 2.66. The van der Waals surface area contributed by atoms with Gasteiger partial charge in [0, 0.05) is 5.92 Å². The first-order valence-corrected chi connectivity index (χ1v) is 12.6. The van der Waals surface area contributed by atoms with Gasteiger partial charge < -0.3 is 5.11 Å². The van der Waals surface area contributed by atoms with E-state index in [0.717, 1.165) is 37.0 Å². The highest BCUT2D eigenvalue weighted by molar-refractivity contribution is 5.94. The lowest BCUT2D eigenvalue weighted by atomic mass is 9.46. The zero-order valence-electron chi connectivity index (χ0n) is 19.5. The number of hydrogen-bond acceptors (Lipinski definition) is 2. The molecule has 3 fully saturated rings. The van der Waals surface area contributed by atoms with Crippen molar-refractivity contribution in [1.29, 1.82) is 0 Å². The van der Waals surface area contributed by atoms with Crippen molar-refractivity contribution in [2.75, 3.05) is 0 Å². The van der Waals surface area contributed by atoms with Crippen LogP contribution in [0, 0.1) is 46.3 Å². The van der Waals surface area contributed by atoms with Crippen molar-refractivity contribution in [2.45, 2.75) is 105 Å². The monoisotopic (exact) mass is 400 g/mol. The van der Waals surface area contributed by atoms with E-state index >= 15 is 0 Å². The minimum atomic E-state index is -0.241. The zero-order valence-corrected chi connectivity index (χ0v) is 19.5. The highest BCUT2D eigenvalue weighted by atomic mass is 16.3. The van der Waals surface area contributed by atoms with Gasteiger partial charge in [0.05, 0.1) is 6.10 Å². The molecule has 8 atom stereocenters. The van der Waals surface area contributed by atoms with Crippen molar-refractivity contribution in [2.24, 2.45) is 46.3 Å². The Morgan fingerprint density at radius 2 is 1.79 bits per heavy atom. The molecule has 2 heteroatoms. The fraction of sp³-hybridized carbons (Fsp3) is 0.889. The predicted molar refractivity (Wildman–Crippen MR) is 119 cm³/mol. The zero-order chi connectivity index (χ0) is 21.0. The Kier molecular flexibility index (Phi) is 5.82. The van der Waals surface area contributed by atoms with Gasteiger partial charge in [-0.2, -0.15) is 0 Å². The van der Waals surface area contributed by atoms with E-state index in [0.29, 0.717) is 23.0 Å². The summed E-state index contributed by atoms with van der Waals surface area (Å²) in [5.41, 5.74) is 1.77. The largest absolute Gasteiger partial charge is 0.393 e. The molecule has 0 bridgehead atoms. The van der Waals surface area contributed by atoms with Crippen molar-refractivity contribution < 1.29 is 9.90 Å². The van der Waals surface area contributed by atoms with Gasteiger partial charge in [-0.05, 0) is 91.4 Å². The molecular formula is C27H44O2. The van der Waals surface area contributed by atoms with E-state index in [-0.39, 0.29) is 17.4 Å². The van der Waals surface area contributed by atoms with Crippen LogP contribution in [0.15, 0.2) is 11.6 Å². The number of rotatable bonds is 5. The number of allylic oxidation sites excluding steroid dienone is 1. The van der Waals surface area contributed by atoms with Gasteiger partial charge in [-0.25, -0.2) is 0 Å². The predicted octanol–water partition coefficient (Wildman–Crippen LogP) is 6.57. The lowest BCUT2D eigenvalue weighted by molar-refractivity contribution is -0.135. The van der Waals surface area contributed by atoms with Gasteiger partial charge in [0.2, 0.25) is 0 Å². The van der Waals surface area contributed by atoms with Crippen molar-refractivity contribution in [3.8, 4) is 0 Å². The van der Waals surface area contributed by atoms with Crippen LogP contribution in [0.5, 0.6) is 0 Å². The van der Waals surface area contributed by atoms with E-state index in [9.17, 15) is 9.90 Å². The van der Waals surface area contributed by atoms with Crippen LogP contribution in [-0.4, -0.2) is 17.0 Å². The van der Waals surface area contributed by atoms with Crippen LogP contribution >= 0.6 is 0 Å². The standard InChI is InChI=1S/C27H44O2/c1-17(2)7-6-8-18(3)21-9-10-22-25-23(12-14-27(21,22)5)26(4)13-11-20(28)15-19(26)16-24(25)29/h16-18,20-23,25,28H,6-15H2,1-5H3/t18?,20-,21?,22?,23?,25?,26-,27+/m0/s1. The van der Waals surface area contributed by atoms with E-state index in [2.05, 4.69) is 34.6 Å². The third kappa shape index (κ3) is 3.56. The van der Waals surface area contributed by atoms with E-state index in [1.54, 1.807) is 0 Å². The molecule has 0 heterocycles. The maximum atomic E-state index is 13.4. The molecule has 3 saturated carbocycles. The summed E-state index contributed by atoms with van der Waals surface area (Å²) in [5.74, 6) is 4.11. The lowest BCUT2D eigenvalue weighted by Gasteiger charge is -2.57. The van der Waals surface area contributed by atoms with Crippen LogP contribution < -0.4 is 0 Å². The Morgan fingerprint density at radius 1 is 1.03 bits per heavy atom. The van der Waals surface area contributed by atoms with Gasteiger partial charge in [0.1, 0.15) is 0 Å². The van der Waals surface area contributed by atoms with Gasteiger partial charge in [-0.1, -0.05) is 59.5 Å². The third-order valence-electron chi connectivity index (χ3n) is 10.1. The fourth-order valence-electron chi connectivity index (χ4n) is 8.41. The molecule has 4 aliphatic rings. The fourth-order valence-corrected chi connectivity index (χ4v) is 8.41. The number of hydrogen-bond donors (Lipinski definition) is 1. The molecule has 0 aliphatic heterocycles. The minimum Gasteiger partial charge on any atom is -0.393 e. The molecule has 4 rings (SSSR count). The topological polar surface area (TPSA) is 37.3 Å². The number of aliphatic hydroxyl groups excluding tert-OH is 1. The van der Waals surface area contributed by atoms with Crippen molar-refractivity contribution >= 4 is 5.78 Å². The first kappa shape index (κ1) is 21.6. The summed E-state index contributed by atoms with van der Waals surface area (Å²) in [7, 11) is 0. The molecule has 5 unspecified atom stereocenters. The van der Waals surface area contributed by atoms with Gasteiger partial charge in [0.15, 0.2) is 5.78 Å². The Hall–Kier alpha value is -0.630. The van der Waals surface area contributed by atoms with Crippen molar-refractivity contribution in [1.82, 2.24) is 0 Å². The maximum absolute atomic E-state index is 13.4. The maximum Gasteiger partial charge on any atom is 0.159 e. The summed E-state index contributed by atoms with van der Waals surface area (Å²) in [6, 6.07) is 0. The number of carbonyl (C=O) groups is 1. The van der Waals surface area contributed by atoms with Gasteiger partial charge in [-0.15, -0.1) is 0 Å². The first-order chi connectivity index (χ1) is 13.7.